The number of halogens is 3. The molecule has 2 aromatic carbocycles. The summed E-state index contributed by atoms with van der Waals surface area (Å²) in [6, 6.07) is 13.9. The smallest absolute Gasteiger partial charge is 0.372 e. The van der Waals surface area contributed by atoms with Gasteiger partial charge in [-0.2, -0.15) is 13.2 Å². The number of methoxy groups -OCH3 is 1. The highest BCUT2D eigenvalue weighted by Crippen LogP contribution is 2.40. The van der Waals surface area contributed by atoms with Crippen molar-refractivity contribution in [1.82, 2.24) is 4.90 Å². The van der Waals surface area contributed by atoms with Gasteiger partial charge in [-0.3, -0.25) is 9.69 Å². The quantitative estimate of drug-likeness (QED) is 0.652. The number of hydrogen-bond acceptors (Lipinski definition) is 4. The molecule has 2 aliphatic heterocycles. The molecule has 166 valence electrons. The molecule has 1 fully saturated rings. The highest BCUT2D eigenvalue weighted by Gasteiger charge is 2.43. The summed E-state index contributed by atoms with van der Waals surface area (Å²) in [5.74, 6) is 0.126. The molecule has 4 rings (SSSR count). The van der Waals surface area contributed by atoms with E-state index in [0.717, 1.165) is 33.0 Å². The summed E-state index contributed by atoms with van der Waals surface area (Å²) in [4.78, 5) is 17.1. The molecule has 31 heavy (non-hydrogen) atoms. The fraction of sp³-hybridized carbons (Fsp3) is 0.435. The zero-order valence-electron chi connectivity index (χ0n) is 17.5. The van der Waals surface area contributed by atoms with Crippen molar-refractivity contribution >= 4 is 23.4 Å². The minimum Gasteiger partial charge on any atom is -0.372 e. The number of benzene rings is 2. The first-order valence-electron chi connectivity index (χ1n) is 10.2. The minimum atomic E-state index is -4.22. The average molecular weight is 451 g/mol. The Morgan fingerprint density at radius 1 is 1.13 bits per heavy atom. The van der Waals surface area contributed by atoms with Crippen LogP contribution in [0.4, 0.5) is 18.9 Å². The number of rotatable bonds is 5. The number of aryl methyl sites for hydroxylation is 1. The molecule has 8 heteroatoms. The van der Waals surface area contributed by atoms with Crippen LogP contribution in [-0.4, -0.2) is 50.8 Å². The topological polar surface area (TPSA) is 32.8 Å². The molecule has 1 saturated heterocycles. The minimum absolute atomic E-state index is 0.126. The van der Waals surface area contributed by atoms with Crippen LogP contribution in [0.3, 0.4) is 0 Å². The van der Waals surface area contributed by atoms with Crippen LogP contribution < -0.4 is 4.90 Å². The molecule has 0 aliphatic carbocycles. The van der Waals surface area contributed by atoms with Crippen LogP contribution in [-0.2, 0) is 21.6 Å². The maximum Gasteiger partial charge on any atom is 0.401 e. The fourth-order valence-corrected chi connectivity index (χ4v) is 5.38. The number of carbonyl (C=O) groups is 1. The van der Waals surface area contributed by atoms with Crippen molar-refractivity contribution in [3.63, 3.8) is 0 Å². The van der Waals surface area contributed by atoms with Crippen molar-refractivity contribution in [1.29, 1.82) is 0 Å². The van der Waals surface area contributed by atoms with Crippen LogP contribution in [0.25, 0.3) is 0 Å². The fourth-order valence-electron chi connectivity index (χ4n) is 4.44. The van der Waals surface area contributed by atoms with Crippen LogP contribution in [0.2, 0.25) is 0 Å². The Balaban J connectivity index is 1.53. The normalized spacial score (nSPS) is 22.1. The molecule has 0 saturated carbocycles. The third-order valence-electron chi connectivity index (χ3n) is 6.09. The standard InChI is InChI=1S/C23H25F3N2O2S/c1-27-20-8-7-19(12-16(20)6-9-21(27)29)31-18-5-3-4-17(13-18)22(30-2)10-11-28(14-22)15-23(24,25)26/h3-5,7-8,12-13H,6,9-11,14-15H2,1-2H3. The lowest BCUT2D eigenvalue weighted by molar-refractivity contribution is -0.146. The summed E-state index contributed by atoms with van der Waals surface area (Å²) in [5, 5.41) is 0. The van der Waals surface area contributed by atoms with Gasteiger partial charge in [0.15, 0.2) is 0 Å². The molecule has 1 atom stereocenters. The Labute approximate surface area is 184 Å². The van der Waals surface area contributed by atoms with E-state index in [9.17, 15) is 18.0 Å². The lowest BCUT2D eigenvalue weighted by Crippen LogP contribution is -2.37. The number of carbonyl (C=O) groups excluding carboxylic acids is 1. The Morgan fingerprint density at radius 3 is 2.65 bits per heavy atom. The number of amides is 1. The van der Waals surface area contributed by atoms with Gasteiger partial charge in [-0.25, -0.2) is 0 Å². The van der Waals surface area contributed by atoms with Gasteiger partial charge < -0.3 is 9.64 Å². The molecule has 2 heterocycles. The van der Waals surface area contributed by atoms with Crippen molar-refractivity contribution in [3.8, 4) is 0 Å². The van der Waals surface area contributed by atoms with Gasteiger partial charge in [0.1, 0.15) is 5.60 Å². The third kappa shape index (κ3) is 4.76. The summed E-state index contributed by atoms with van der Waals surface area (Å²) in [5.41, 5.74) is 2.26. The summed E-state index contributed by atoms with van der Waals surface area (Å²) in [7, 11) is 3.36. The van der Waals surface area contributed by atoms with Gasteiger partial charge in [0.25, 0.3) is 0 Å². The number of likely N-dealkylation sites (tertiary alicyclic amines) is 1. The highest BCUT2D eigenvalue weighted by atomic mass is 32.2. The molecule has 1 unspecified atom stereocenters. The van der Waals surface area contributed by atoms with E-state index >= 15 is 0 Å². The molecular weight excluding hydrogens is 425 g/mol. The van der Waals surface area contributed by atoms with Crippen LogP contribution in [0.15, 0.2) is 52.3 Å². The second kappa shape index (κ2) is 8.48. The SMILES string of the molecule is COC1(c2cccc(Sc3ccc4c(c3)CCC(=O)N4C)c2)CCN(CC(F)(F)F)C1. The van der Waals surface area contributed by atoms with Gasteiger partial charge in [0.05, 0.1) is 6.54 Å². The van der Waals surface area contributed by atoms with Crippen molar-refractivity contribution < 1.29 is 22.7 Å². The zero-order valence-corrected chi connectivity index (χ0v) is 18.4. The van der Waals surface area contributed by atoms with E-state index in [0.29, 0.717) is 19.4 Å². The summed E-state index contributed by atoms with van der Waals surface area (Å²) in [6.07, 6.45) is -2.45. The van der Waals surface area contributed by atoms with Gasteiger partial charge in [-0.05, 0) is 54.3 Å². The van der Waals surface area contributed by atoms with E-state index in [1.54, 1.807) is 30.8 Å². The van der Waals surface area contributed by atoms with Crippen molar-refractivity contribution in [2.75, 3.05) is 38.7 Å². The molecule has 0 aromatic heterocycles. The average Bonchev–Trinajstić information content (AvgIpc) is 3.14. The van der Waals surface area contributed by atoms with Gasteiger partial charge >= 0.3 is 6.18 Å². The lowest BCUT2D eigenvalue weighted by Gasteiger charge is -2.29. The van der Waals surface area contributed by atoms with E-state index in [2.05, 4.69) is 6.07 Å². The van der Waals surface area contributed by atoms with E-state index in [4.69, 9.17) is 4.74 Å². The number of alkyl halides is 3. The number of fused-ring (bicyclic) bond motifs is 1. The molecule has 1 amide bonds. The van der Waals surface area contributed by atoms with E-state index in [-0.39, 0.29) is 12.5 Å². The van der Waals surface area contributed by atoms with E-state index in [1.807, 2.05) is 36.4 Å². The van der Waals surface area contributed by atoms with Crippen LogP contribution >= 0.6 is 11.8 Å². The molecule has 0 radical (unpaired) electrons. The molecule has 0 spiro atoms. The third-order valence-corrected chi connectivity index (χ3v) is 7.07. The predicted molar refractivity (Wildman–Crippen MR) is 115 cm³/mol. The highest BCUT2D eigenvalue weighted by molar-refractivity contribution is 7.99. The first-order chi connectivity index (χ1) is 14.7. The molecule has 2 aromatic rings. The monoisotopic (exact) mass is 450 g/mol. The van der Waals surface area contributed by atoms with Crippen LogP contribution in [0, 0.1) is 0 Å². The Kier molecular flexibility index (Phi) is 6.07. The molecule has 0 N–H and O–H groups in total. The summed E-state index contributed by atoms with van der Waals surface area (Å²) >= 11 is 1.60. The Hall–Kier alpha value is -2.03. The number of nitrogens with zero attached hydrogens (tertiary/aromatic N) is 2. The zero-order chi connectivity index (χ0) is 22.2. The van der Waals surface area contributed by atoms with Gasteiger partial charge in [0, 0.05) is 49.1 Å². The largest absolute Gasteiger partial charge is 0.401 e. The molecular formula is C23H25F3N2O2S. The van der Waals surface area contributed by atoms with Crippen LogP contribution in [0.1, 0.15) is 24.0 Å². The number of anilines is 1. The van der Waals surface area contributed by atoms with Gasteiger partial charge in [0.2, 0.25) is 5.91 Å². The van der Waals surface area contributed by atoms with Crippen LogP contribution in [0.5, 0.6) is 0 Å². The maximum absolute atomic E-state index is 12.8. The summed E-state index contributed by atoms with van der Waals surface area (Å²) in [6.45, 7) is -0.350. The van der Waals surface area contributed by atoms with Crippen molar-refractivity contribution in [3.05, 3.63) is 53.6 Å². The van der Waals surface area contributed by atoms with Crippen molar-refractivity contribution in [2.24, 2.45) is 0 Å². The first-order valence-corrected chi connectivity index (χ1v) is 11.0. The van der Waals surface area contributed by atoms with Crippen molar-refractivity contribution in [2.45, 2.75) is 40.8 Å². The second-order valence-corrected chi connectivity index (χ2v) is 9.29. The number of hydrogen-bond donors (Lipinski definition) is 0. The molecule has 0 bridgehead atoms. The van der Waals surface area contributed by atoms with Gasteiger partial charge in [-0.1, -0.05) is 23.9 Å². The predicted octanol–water partition coefficient (Wildman–Crippen LogP) is 4.86. The van der Waals surface area contributed by atoms with E-state index in [1.165, 1.54) is 4.90 Å². The molecule has 2 aliphatic rings. The number of ether oxygens (including phenoxy) is 1. The molecule has 4 nitrogen and oxygen atoms in total. The Morgan fingerprint density at radius 2 is 1.90 bits per heavy atom. The first kappa shape index (κ1) is 22.2. The second-order valence-electron chi connectivity index (χ2n) is 8.15. The summed E-state index contributed by atoms with van der Waals surface area (Å²) < 4.78 is 44.3. The Bertz CT molecular complexity index is 982. The van der Waals surface area contributed by atoms with Gasteiger partial charge in [-0.15, -0.1) is 0 Å². The van der Waals surface area contributed by atoms with E-state index < -0.39 is 18.3 Å². The lowest BCUT2D eigenvalue weighted by atomic mass is 9.93. The maximum atomic E-state index is 12.8.